The maximum atomic E-state index is 12.6. The van der Waals surface area contributed by atoms with Gasteiger partial charge in [0.05, 0.1) is 6.54 Å². The molecule has 0 aromatic heterocycles. The first-order chi connectivity index (χ1) is 13.3. The predicted octanol–water partition coefficient (Wildman–Crippen LogP) is 1.78. The SMILES string of the molecule is O=C(OCc1ccccc1)N1CCCC2(C1)C(=O)N(C(=O)O)C(=O)N2C(=O)O. The van der Waals surface area contributed by atoms with Crippen LogP contribution in [0.4, 0.5) is 19.2 Å². The van der Waals surface area contributed by atoms with E-state index in [0.29, 0.717) is 0 Å². The molecule has 3 rings (SSSR count). The van der Waals surface area contributed by atoms with Crippen molar-refractivity contribution < 1.29 is 38.9 Å². The molecule has 11 nitrogen and oxygen atoms in total. The first-order valence-corrected chi connectivity index (χ1v) is 8.38. The lowest BCUT2D eigenvalue weighted by atomic mass is 9.87. The molecular formula is C17H17N3O8. The van der Waals surface area contributed by atoms with Crippen molar-refractivity contribution in [2.24, 2.45) is 0 Å². The molecule has 11 heteroatoms. The summed E-state index contributed by atoms with van der Waals surface area (Å²) in [4.78, 5) is 61.2. The van der Waals surface area contributed by atoms with Gasteiger partial charge in [-0.15, -0.1) is 0 Å². The minimum atomic E-state index is -1.98. The third-order valence-corrected chi connectivity index (χ3v) is 4.73. The Morgan fingerprint density at radius 3 is 2.36 bits per heavy atom. The smallest absolute Gasteiger partial charge is 0.422 e. The van der Waals surface area contributed by atoms with E-state index in [2.05, 4.69) is 0 Å². The molecule has 2 aliphatic heterocycles. The third kappa shape index (κ3) is 3.10. The van der Waals surface area contributed by atoms with Gasteiger partial charge in [-0.1, -0.05) is 30.3 Å². The van der Waals surface area contributed by atoms with Gasteiger partial charge in [-0.2, -0.15) is 4.90 Å². The summed E-state index contributed by atoms with van der Waals surface area (Å²) in [7, 11) is 0. The van der Waals surface area contributed by atoms with Gasteiger partial charge in [-0.25, -0.2) is 24.1 Å². The highest BCUT2D eigenvalue weighted by molar-refractivity contribution is 6.20. The van der Waals surface area contributed by atoms with Crippen molar-refractivity contribution in [2.75, 3.05) is 13.1 Å². The Kier molecular flexibility index (Phi) is 4.91. The van der Waals surface area contributed by atoms with E-state index in [1.807, 2.05) is 0 Å². The van der Waals surface area contributed by atoms with Gasteiger partial charge in [0.2, 0.25) is 0 Å². The fraction of sp³-hybridized carbons (Fsp3) is 0.353. The number of hydrogen-bond donors (Lipinski definition) is 2. The molecule has 1 aromatic carbocycles. The lowest BCUT2D eigenvalue weighted by Crippen LogP contribution is -2.62. The highest BCUT2D eigenvalue weighted by atomic mass is 16.6. The van der Waals surface area contributed by atoms with Crippen LogP contribution in [0.25, 0.3) is 0 Å². The molecule has 2 aliphatic rings. The van der Waals surface area contributed by atoms with Crippen molar-refractivity contribution in [1.82, 2.24) is 14.7 Å². The lowest BCUT2D eigenvalue weighted by Gasteiger charge is -2.40. The van der Waals surface area contributed by atoms with Crippen LogP contribution in [0.15, 0.2) is 30.3 Å². The Hall–Kier alpha value is -3.63. The number of hydrogen-bond acceptors (Lipinski definition) is 6. The normalized spacial score (nSPS) is 21.9. The zero-order chi connectivity index (χ0) is 20.5. The number of ether oxygens (including phenoxy) is 1. The molecule has 0 aliphatic carbocycles. The summed E-state index contributed by atoms with van der Waals surface area (Å²) in [6, 6.07) is 7.38. The second kappa shape index (κ2) is 7.18. The van der Waals surface area contributed by atoms with Crippen LogP contribution in [-0.4, -0.2) is 73.8 Å². The maximum absolute atomic E-state index is 12.6. The molecular weight excluding hydrogens is 374 g/mol. The number of benzene rings is 1. The molecule has 0 saturated carbocycles. The van der Waals surface area contributed by atoms with Gasteiger partial charge in [0.15, 0.2) is 5.54 Å². The van der Waals surface area contributed by atoms with E-state index in [0.717, 1.165) is 10.5 Å². The number of rotatable bonds is 2. The standard InChI is InChI=1S/C17H17N3O8/c21-12-17(20(15(25)26)13(22)19(12)14(23)24)7-4-8-18(10-17)16(27)28-9-11-5-2-1-3-6-11/h1-3,5-6H,4,7-10H2,(H,23,24)(H,25,26). The van der Waals surface area contributed by atoms with Crippen molar-refractivity contribution in [3.63, 3.8) is 0 Å². The van der Waals surface area contributed by atoms with Crippen LogP contribution < -0.4 is 0 Å². The average Bonchev–Trinajstić information content (AvgIpc) is 2.87. The summed E-state index contributed by atoms with van der Waals surface area (Å²) in [6.07, 6.45) is -4.32. The van der Waals surface area contributed by atoms with Crippen LogP contribution in [0.2, 0.25) is 0 Å². The zero-order valence-electron chi connectivity index (χ0n) is 14.6. The number of piperidine rings is 1. The summed E-state index contributed by atoms with van der Waals surface area (Å²) in [5, 5.41) is 18.5. The van der Waals surface area contributed by atoms with Gasteiger partial charge in [0, 0.05) is 6.54 Å². The van der Waals surface area contributed by atoms with Gasteiger partial charge >= 0.3 is 24.3 Å². The van der Waals surface area contributed by atoms with Gasteiger partial charge in [-0.3, -0.25) is 4.79 Å². The highest BCUT2D eigenvalue weighted by Gasteiger charge is 2.64. The number of carbonyl (C=O) groups is 5. The Balaban J connectivity index is 1.80. The minimum absolute atomic E-state index is 0.0278. The second-order valence-corrected chi connectivity index (χ2v) is 6.42. The minimum Gasteiger partial charge on any atom is -0.465 e. The summed E-state index contributed by atoms with van der Waals surface area (Å²) in [5.74, 6) is -1.19. The Bertz CT molecular complexity index is 842. The second-order valence-electron chi connectivity index (χ2n) is 6.42. The molecule has 1 atom stereocenters. The number of amides is 6. The Morgan fingerprint density at radius 1 is 1.07 bits per heavy atom. The predicted molar refractivity (Wildman–Crippen MR) is 90.3 cm³/mol. The number of nitrogens with zero attached hydrogens (tertiary/aromatic N) is 3. The molecule has 1 spiro atoms. The van der Waals surface area contributed by atoms with E-state index in [-0.39, 0.29) is 35.8 Å². The number of carbonyl (C=O) groups excluding carboxylic acids is 3. The Morgan fingerprint density at radius 2 is 1.75 bits per heavy atom. The van der Waals surface area contributed by atoms with E-state index in [1.165, 1.54) is 0 Å². The number of imide groups is 4. The fourth-order valence-corrected chi connectivity index (χ4v) is 3.47. The van der Waals surface area contributed by atoms with E-state index in [4.69, 9.17) is 9.84 Å². The number of urea groups is 1. The Labute approximate surface area is 158 Å². The molecule has 2 saturated heterocycles. The highest BCUT2D eigenvalue weighted by Crippen LogP contribution is 2.36. The third-order valence-electron chi connectivity index (χ3n) is 4.73. The number of carboxylic acid groups (broad SMARTS) is 2. The van der Waals surface area contributed by atoms with Crippen LogP contribution in [0.3, 0.4) is 0 Å². The summed E-state index contributed by atoms with van der Waals surface area (Å²) >= 11 is 0. The summed E-state index contributed by atoms with van der Waals surface area (Å²) in [6.45, 7) is -0.321. The first kappa shape index (κ1) is 19.1. The molecule has 1 unspecified atom stereocenters. The molecule has 28 heavy (non-hydrogen) atoms. The van der Waals surface area contributed by atoms with Crippen LogP contribution in [0.1, 0.15) is 18.4 Å². The fourth-order valence-electron chi connectivity index (χ4n) is 3.47. The number of likely N-dealkylation sites (tertiary alicyclic amines) is 1. The maximum Gasteiger partial charge on any atom is 0.422 e. The molecule has 148 valence electrons. The van der Waals surface area contributed by atoms with Crippen LogP contribution >= 0.6 is 0 Å². The zero-order valence-corrected chi connectivity index (χ0v) is 14.6. The van der Waals surface area contributed by atoms with Crippen molar-refractivity contribution in [3.05, 3.63) is 35.9 Å². The van der Waals surface area contributed by atoms with Crippen molar-refractivity contribution in [2.45, 2.75) is 25.0 Å². The van der Waals surface area contributed by atoms with Gasteiger partial charge in [0.25, 0.3) is 5.91 Å². The van der Waals surface area contributed by atoms with Crippen molar-refractivity contribution >= 4 is 30.2 Å². The average molecular weight is 391 g/mol. The molecule has 2 N–H and O–H groups in total. The van der Waals surface area contributed by atoms with Crippen LogP contribution in [-0.2, 0) is 16.1 Å². The van der Waals surface area contributed by atoms with Gasteiger partial charge < -0.3 is 19.8 Å². The monoisotopic (exact) mass is 391 g/mol. The quantitative estimate of drug-likeness (QED) is 0.726. The molecule has 1 aromatic rings. The molecule has 2 heterocycles. The summed E-state index contributed by atoms with van der Waals surface area (Å²) < 4.78 is 5.20. The van der Waals surface area contributed by atoms with Gasteiger partial charge in [0.1, 0.15) is 6.61 Å². The van der Waals surface area contributed by atoms with E-state index >= 15 is 0 Å². The lowest BCUT2D eigenvalue weighted by molar-refractivity contribution is -0.133. The summed E-state index contributed by atoms with van der Waals surface area (Å²) in [5.41, 5.74) is -1.25. The van der Waals surface area contributed by atoms with E-state index in [9.17, 15) is 29.1 Å². The molecule has 0 radical (unpaired) electrons. The molecule has 0 bridgehead atoms. The van der Waals surface area contributed by atoms with Crippen LogP contribution in [0.5, 0.6) is 0 Å². The van der Waals surface area contributed by atoms with E-state index in [1.54, 1.807) is 30.3 Å². The molecule has 2 fully saturated rings. The van der Waals surface area contributed by atoms with Crippen molar-refractivity contribution in [3.8, 4) is 0 Å². The largest absolute Gasteiger partial charge is 0.465 e. The molecule has 6 amide bonds. The van der Waals surface area contributed by atoms with Gasteiger partial charge in [-0.05, 0) is 18.4 Å². The topological polar surface area (TPSA) is 145 Å². The first-order valence-electron chi connectivity index (χ1n) is 8.38. The van der Waals surface area contributed by atoms with Crippen LogP contribution in [0, 0.1) is 0 Å². The van der Waals surface area contributed by atoms with E-state index < -0.39 is 42.3 Å². The van der Waals surface area contributed by atoms with Crippen molar-refractivity contribution in [1.29, 1.82) is 0 Å².